The van der Waals surface area contributed by atoms with Crippen molar-refractivity contribution in [2.75, 3.05) is 19.6 Å². The van der Waals surface area contributed by atoms with E-state index in [0.29, 0.717) is 0 Å². The van der Waals surface area contributed by atoms with Gasteiger partial charge in [-0.1, -0.05) is 20.8 Å². The van der Waals surface area contributed by atoms with E-state index in [1.165, 1.54) is 45.3 Å². The molecule has 2 unspecified atom stereocenters. The summed E-state index contributed by atoms with van der Waals surface area (Å²) in [5.74, 6) is 1.65. The van der Waals surface area contributed by atoms with Gasteiger partial charge in [-0.15, -0.1) is 0 Å². The zero-order valence-electron chi connectivity index (χ0n) is 11.2. The number of hydrogen-bond donors (Lipinski definition) is 1. The lowest BCUT2D eigenvalue weighted by atomic mass is 9.96. The monoisotopic (exact) mass is 224 g/mol. The predicted octanol–water partition coefficient (Wildman–Crippen LogP) is 2.49. The summed E-state index contributed by atoms with van der Waals surface area (Å²) in [6, 6.07) is 1.65. The van der Waals surface area contributed by atoms with E-state index in [4.69, 9.17) is 0 Å². The van der Waals surface area contributed by atoms with Crippen LogP contribution in [0.25, 0.3) is 0 Å². The van der Waals surface area contributed by atoms with Crippen molar-refractivity contribution in [3.8, 4) is 0 Å². The average Bonchev–Trinajstić information content (AvgIpc) is 3.02. The molecule has 0 radical (unpaired) electrons. The number of likely N-dealkylation sites (tertiary alicyclic amines) is 1. The second-order valence-corrected chi connectivity index (χ2v) is 6.26. The molecule has 1 saturated carbocycles. The van der Waals surface area contributed by atoms with Gasteiger partial charge in [-0.05, 0) is 44.1 Å². The molecule has 2 atom stereocenters. The summed E-state index contributed by atoms with van der Waals surface area (Å²) in [6.45, 7) is 11.0. The summed E-state index contributed by atoms with van der Waals surface area (Å²) >= 11 is 0. The molecule has 1 heterocycles. The highest BCUT2D eigenvalue weighted by atomic mass is 15.2. The fourth-order valence-corrected chi connectivity index (χ4v) is 2.56. The third-order valence-electron chi connectivity index (χ3n) is 4.24. The van der Waals surface area contributed by atoms with Gasteiger partial charge in [0.2, 0.25) is 0 Å². The van der Waals surface area contributed by atoms with E-state index < -0.39 is 0 Å². The Hall–Kier alpha value is -0.0800. The van der Waals surface area contributed by atoms with Crippen LogP contribution in [0.2, 0.25) is 0 Å². The number of hydrogen-bond acceptors (Lipinski definition) is 2. The van der Waals surface area contributed by atoms with Crippen molar-refractivity contribution in [3.63, 3.8) is 0 Å². The summed E-state index contributed by atoms with van der Waals surface area (Å²) in [5, 5.41) is 3.78. The molecule has 0 aromatic rings. The van der Waals surface area contributed by atoms with Crippen LogP contribution in [0.1, 0.15) is 46.5 Å². The van der Waals surface area contributed by atoms with E-state index in [1.54, 1.807) is 0 Å². The molecule has 2 rings (SSSR count). The van der Waals surface area contributed by atoms with Crippen molar-refractivity contribution in [1.82, 2.24) is 10.2 Å². The smallest absolute Gasteiger partial charge is 0.0198 e. The van der Waals surface area contributed by atoms with E-state index in [-0.39, 0.29) is 0 Å². The van der Waals surface area contributed by atoms with Gasteiger partial charge in [-0.3, -0.25) is 0 Å². The van der Waals surface area contributed by atoms with Crippen molar-refractivity contribution in [3.05, 3.63) is 0 Å². The van der Waals surface area contributed by atoms with Gasteiger partial charge >= 0.3 is 0 Å². The first-order valence-electron chi connectivity index (χ1n) is 7.13. The quantitative estimate of drug-likeness (QED) is 0.772. The molecule has 2 fully saturated rings. The highest BCUT2D eigenvalue weighted by Gasteiger charge is 2.28. The molecule has 2 aliphatic rings. The Balaban J connectivity index is 1.72. The Morgan fingerprint density at radius 2 is 1.88 bits per heavy atom. The van der Waals surface area contributed by atoms with Crippen LogP contribution in [0.3, 0.4) is 0 Å². The van der Waals surface area contributed by atoms with Gasteiger partial charge in [0, 0.05) is 25.2 Å². The molecule has 1 aliphatic carbocycles. The van der Waals surface area contributed by atoms with Gasteiger partial charge in [-0.2, -0.15) is 0 Å². The Kier molecular flexibility index (Phi) is 4.26. The van der Waals surface area contributed by atoms with E-state index in [1.807, 2.05) is 0 Å². The minimum Gasteiger partial charge on any atom is -0.310 e. The lowest BCUT2D eigenvalue weighted by Crippen LogP contribution is -2.47. The molecule has 2 nitrogen and oxygen atoms in total. The number of piperidine rings is 1. The van der Waals surface area contributed by atoms with Crippen LogP contribution in [0, 0.1) is 11.8 Å². The van der Waals surface area contributed by atoms with Gasteiger partial charge in [-0.25, -0.2) is 0 Å². The average molecular weight is 224 g/mol. The zero-order chi connectivity index (χ0) is 11.5. The number of nitrogens with zero attached hydrogens (tertiary/aromatic N) is 1. The van der Waals surface area contributed by atoms with E-state index >= 15 is 0 Å². The first-order chi connectivity index (χ1) is 7.65. The van der Waals surface area contributed by atoms with Crippen LogP contribution in [-0.4, -0.2) is 36.6 Å². The Bertz CT molecular complexity index is 211. The fraction of sp³-hybridized carbons (Fsp3) is 1.00. The van der Waals surface area contributed by atoms with Crippen LogP contribution in [0.5, 0.6) is 0 Å². The molecular weight excluding hydrogens is 196 g/mol. The van der Waals surface area contributed by atoms with Crippen LogP contribution < -0.4 is 5.32 Å². The molecule has 0 amide bonds. The van der Waals surface area contributed by atoms with Crippen molar-refractivity contribution in [1.29, 1.82) is 0 Å². The molecule has 0 bridgehead atoms. The molecule has 0 aromatic carbocycles. The topological polar surface area (TPSA) is 15.3 Å². The van der Waals surface area contributed by atoms with Gasteiger partial charge in [0.15, 0.2) is 0 Å². The SMILES string of the molecule is CC(C)C(C)CN1CCCC(NC2CC2)C1. The second kappa shape index (κ2) is 5.50. The van der Waals surface area contributed by atoms with Gasteiger partial charge in [0.25, 0.3) is 0 Å². The maximum absolute atomic E-state index is 3.78. The van der Waals surface area contributed by atoms with E-state index in [0.717, 1.165) is 23.9 Å². The highest BCUT2D eigenvalue weighted by Crippen LogP contribution is 2.22. The first-order valence-corrected chi connectivity index (χ1v) is 7.13. The summed E-state index contributed by atoms with van der Waals surface area (Å²) < 4.78 is 0. The standard InChI is InChI=1S/C14H28N2/c1-11(2)12(3)9-16-8-4-5-14(10-16)15-13-6-7-13/h11-15H,4-10H2,1-3H3. The number of nitrogens with one attached hydrogen (secondary N) is 1. The summed E-state index contributed by atoms with van der Waals surface area (Å²) in [7, 11) is 0. The van der Waals surface area contributed by atoms with E-state index in [2.05, 4.69) is 31.0 Å². The van der Waals surface area contributed by atoms with Crippen molar-refractivity contribution in [2.24, 2.45) is 11.8 Å². The molecule has 0 spiro atoms. The molecule has 16 heavy (non-hydrogen) atoms. The van der Waals surface area contributed by atoms with Crippen LogP contribution in [0.4, 0.5) is 0 Å². The zero-order valence-corrected chi connectivity index (χ0v) is 11.2. The molecule has 2 heteroatoms. The van der Waals surface area contributed by atoms with E-state index in [9.17, 15) is 0 Å². The van der Waals surface area contributed by atoms with Crippen molar-refractivity contribution < 1.29 is 0 Å². The molecule has 1 N–H and O–H groups in total. The maximum Gasteiger partial charge on any atom is 0.0198 e. The third kappa shape index (κ3) is 3.74. The molecular formula is C14H28N2. The largest absolute Gasteiger partial charge is 0.310 e. The van der Waals surface area contributed by atoms with Gasteiger partial charge in [0.05, 0.1) is 0 Å². The molecule has 1 saturated heterocycles. The lowest BCUT2D eigenvalue weighted by Gasteiger charge is -2.35. The summed E-state index contributed by atoms with van der Waals surface area (Å²) in [5.41, 5.74) is 0. The Morgan fingerprint density at radius 1 is 1.12 bits per heavy atom. The van der Waals surface area contributed by atoms with Gasteiger partial charge < -0.3 is 10.2 Å². The first kappa shape index (κ1) is 12.4. The third-order valence-corrected chi connectivity index (χ3v) is 4.24. The highest BCUT2D eigenvalue weighted by molar-refractivity contribution is 4.88. The van der Waals surface area contributed by atoms with Crippen LogP contribution in [0.15, 0.2) is 0 Å². The minimum absolute atomic E-state index is 0.778. The minimum atomic E-state index is 0.778. The molecule has 1 aliphatic heterocycles. The van der Waals surface area contributed by atoms with Crippen LogP contribution >= 0.6 is 0 Å². The Morgan fingerprint density at radius 3 is 2.50 bits per heavy atom. The normalized spacial score (nSPS) is 29.6. The summed E-state index contributed by atoms with van der Waals surface area (Å²) in [6.07, 6.45) is 5.61. The van der Waals surface area contributed by atoms with Crippen molar-refractivity contribution >= 4 is 0 Å². The molecule has 0 aromatic heterocycles. The lowest BCUT2D eigenvalue weighted by molar-refractivity contribution is 0.154. The number of rotatable bonds is 5. The van der Waals surface area contributed by atoms with Gasteiger partial charge in [0.1, 0.15) is 0 Å². The maximum atomic E-state index is 3.78. The summed E-state index contributed by atoms with van der Waals surface area (Å²) in [4.78, 5) is 2.67. The molecule has 94 valence electrons. The Labute approximate surface area is 101 Å². The predicted molar refractivity (Wildman–Crippen MR) is 69.6 cm³/mol. The van der Waals surface area contributed by atoms with Crippen molar-refractivity contribution in [2.45, 2.75) is 58.5 Å². The van der Waals surface area contributed by atoms with Crippen LogP contribution in [-0.2, 0) is 0 Å². The second-order valence-electron chi connectivity index (χ2n) is 6.26. The fourth-order valence-electron chi connectivity index (χ4n) is 2.56.